The average molecular weight is 422 g/mol. The molecule has 0 aromatic heterocycles. The van der Waals surface area contributed by atoms with Crippen molar-refractivity contribution >= 4 is 29.7 Å². The van der Waals surface area contributed by atoms with Crippen molar-refractivity contribution in [3.8, 4) is 0 Å². The summed E-state index contributed by atoms with van der Waals surface area (Å²) in [7, 11) is 0. The maximum absolute atomic E-state index is 11.8. The SMILES string of the molecule is O=C(NC(CCCCNC(=O)N1CCC1=O)C(=O)O)OCc1ccc([N+](=O)[O-])cc1. The Hall–Kier alpha value is -3.70. The number of unbranched alkanes of at least 4 members (excludes halogenated alkanes) is 1. The lowest BCUT2D eigenvalue weighted by atomic mass is 10.1. The Morgan fingerprint density at radius 1 is 1.23 bits per heavy atom. The largest absolute Gasteiger partial charge is 0.480 e. The normalized spacial score (nSPS) is 13.7. The van der Waals surface area contributed by atoms with E-state index in [1.54, 1.807) is 0 Å². The van der Waals surface area contributed by atoms with Gasteiger partial charge in [0, 0.05) is 31.6 Å². The number of non-ortho nitro benzene ring substituents is 1. The molecule has 30 heavy (non-hydrogen) atoms. The molecule has 1 heterocycles. The molecule has 1 aliphatic heterocycles. The molecular weight excluding hydrogens is 400 g/mol. The summed E-state index contributed by atoms with van der Waals surface area (Å²) in [6.07, 6.45) is 0.441. The summed E-state index contributed by atoms with van der Waals surface area (Å²) in [5.74, 6) is -1.45. The van der Waals surface area contributed by atoms with Crippen molar-refractivity contribution in [3.63, 3.8) is 0 Å². The van der Waals surface area contributed by atoms with Crippen LogP contribution < -0.4 is 10.6 Å². The van der Waals surface area contributed by atoms with Crippen molar-refractivity contribution in [2.75, 3.05) is 13.1 Å². The van der Waals surface area contributed by atoms with Crippen LogP contribution in [0.4, 0.5) is 15.3 Å². The molecule has 1 saturated heterocycles. The molecule has 1 atom stereocenters. The van der Waals surface area contributed by atoms with Crippen molar-refractivity contribution in [2.24, 2.45) is 0 Å². The van der Waals surface area contributed by atoms with Gasteiger partial charge in [-0.2, -0.15) is 0 Å². The number of hydrogen-bond acceptors (Lipinski definition) is 7. The van der Waals surface area contributed by atoms with Gasteiger partial charge in [-0.15, -0.1) is 0 Å². The Morgan fingerprint density at radius 3 is 2.47 bits per heavy atom. The maximum atomic E-state index is 11.8. The van der Waals surface area contributed by atoms with Gasteiger partial charge in [-0.05, 0) is 37.0 Å². The Balaban J connectivity index is 1.66. The molecule has 0 spiro atoms. The fraction of sp³-hybridized carbons (Fsp3) is 0.444. The second kappa shape index (κ2) is 10.7. The number of nitro groups is 1. The lowest BCUT2D eigenvalue weighted by molar-refractivity contribution is -0.384. The molecule has 12 nitrogen and oxygen atoms in total. The number of urea groups is 1. The minimum absolute atomic E-state index is 0.0955. The number of likely N-dealkylation sites (tertiary alicyclic amines) is 1. The molecule has 1 aromatic carbocycles. The van der Waals surface area contributed by atoms with Crippen LogP contribution in [0.15, 0.2) is 24.3 Å². The highest BCUT2D eigenvalue weighted by Gasteiger charge is 2.29. The van der Waals surface area contributed by atoms with Crippen molar-refractivity contribution in [3.05, 3.63) is 39.9 Å². The summed E-state index contributed by atoms with van der Waals surface area (Å²) < 4.78 is 4.95. The van der Waals surface area contributed by atoms with Crippen LogP contribution in [0.2, 0.25) is 0 Å². The number of carboxylic acids is 1. The first-order valence-corrected chi connectivity index (χ1v) is 9.25. The molecule has 0 bridgehead atoms. The molecule has 0 radical (unpaired) electrons. The number of ether oxygens (including phenoxy) is 1. The lowest BCUT2D eigenvalue weighted by Crippen LogP contribution is -2.52. The van der Waals surface area contributed by atoms with Crippen molar-refractivity contribution in [1.29, 1.82) is 0 Å². The van der Waals surface area contributed by atoms with Crippen molar-refractivity contribution in [1.82, 2.24) is 15.5 Å². The third-order valence-corrected chi connectivity index (χ3v) is 4.40. The van der Waals surface area contributed by atoms with Gasteiger partial charge in [0.25, 0.3) is 5.69 Å². The van der Waals surface area contributed by atoms with Gasteiger partial charge in [-0.1, -0.05) is 0 Å². The highest BCUT2D eigenvalue weighted by atomic mass is 16.6. The summed E-state index contributed by atoms with van der Waals surface area (Å²) in [6, 6.07) is 3.78. The molecule has 3 N–H and O–H groups in total. The number of nitro benzene ring substituents is 1. The van der Waals surface area contributed by atoms with Crippen LogP contribution >= 0.6 is 0 Å². The number of nitrogens with one attached hydrogen (secondary N) is 2. The van der Waals surface area contributed by atoms with E-state index in [0.29, 0.717) is 31.4 Å². The zero-order chi connectivity index (χ0) is 22.1. The van der Waals surface area contributed by atoms with E-state index >= 15 is 0 Å². The number of benzene rings is 1. The minimum Gasteiger partial charge on any atom is -0.480 e. The van der Waals surface area contributed by atoms with E-state index in [4.69, 9.17) is 4.74 Å². The molecule has 1 unspecified atom stereocenters. The summed E-state index contributed by atoms with van der Waals surface area (Å²) in [6.45, 7) is 0.509. The van der Waals surface area contributed by atoms with Crippen LogP contribution in [-0.4, -0.2) is 58.1 Å². The predicted molar refractivity (Wildman–Crippen MR) is 101 cm³/mol. The molecule has 0 saturated carbocycles. The number of aliphatic carboxylic acids is 1. The van der Waals surface area contributed by atoms with Crippen LogP contribution in [0.1, 0.15) is 31.2 Å². The van der Waals surface area contributed by atoms with Crippen molar-refractivity contribution < 1.29 is 33.9 Å². The zero-order valence-corrected chi connectivity index (χ0v) is 16.0. The molecule has 1 aromatic rings. The lowest BCUT2D eigenvalue weighted by Gasteiger charge is -2.28. The molecule has 1 aliphatic rings. The first-order valence-electron chi connectivity index (χ1n) is 9.25. The summed E-state index contributed by atoms with van der Waals surface area (Å²) >= 11 is 0. The monoisotopic (exact) mass is 422 g/mol. The number of alkyl carbamates (subject to hydrolysis) is 1. The molecule has 12 heteroatoms. The number of nitrogens with zero attached hydrogens (tertiary/aromatic N) is 2. The van der Waals surface area contributed by atoms with Gasteiger partial charge >= 0.3 is 18.1 Å². The van der Waals surface area contributed by atoms with Gasteiger partial charge in [0.05, 0.1) is 4.92 Å². The number of β-lactam (4-membered cyclic amide) rings is 1. The summed E-state index contributed by atoms with van der Waals surface area (Å²) in [5, 5.41) is 24.7. The van der Waals surface area contributed by atoms with Crippen LogP contribution in [-0.2, 0) is 20.9 Å². The van der Waals surface area contributed by atoms with Crippen LogP contribution in [0.25, 0.3) is 0 Å². The van der Waals surface area contributed by atoms with E-state index in [2.05, 4.69) is 10.6 Å². The topological polar surface area (TPSA) is 168 Å². The molecule has 4 amide bonds. The third-order valence-electron chi connectivity index (χ3n) is 4.40. The van der Waals surface area contributed by atoms with E-state index in [1.807, 2.05) is 0 Å². The number of hydrogen-bond donors (Lipinski definition) is 3. The van der Waals surface area contributed by atoms with Crippen molar-refractivity contribution in [2.45, 2.75) is 38.3 Å². The standard InChI is InChI=1S/C18H22N4O8/c23-15-8-10-21(15)17(26)19-9-2-1-3-14(16(24)25)20-18(27)30-11-12-4-6-13(7-5-12)22(28)29/h4-7,14H,1-3,8-11H2,(H,19,26)(H,20,27)(H,24,25). The number of carbonyl (C=O) groups excluding carboxylic acids is 3. The first kappa shape index (κ1) is 22.6. The highest BCUT2D eigenvalue weighted by molar-refractivity contribution is 5.98. The Kier molecular flexibility index (Phi) is 8.08. The van der Waals surface area contributed by atoms with Crippen LogP contribution in [0, 0.1) is 10.1 Å². The molecule has 162 valence electrons. The molecule has 0 aliphatic carbocycles. The quantitative estimate of drug-likeness (QED) is 0.220. The fourth-order valence-electron chi connectivity index (χ4n) is 2.60. The highest BCUT2D eigenvalue weighted by Crippen LogP contribution is 2.13. The summed E-state index contributed by atoms with van der Waals surface area (Å²) in [5.41, 5.74) is 0.417. The Bertz CT molecular complexity index is 811. The zero-order valence-electron chi connectivity index (χ0n) is 16.0. The van der Waals surface area contributed by atoms with Crippen LogP contribution in [0.5, 0.6) is 0 Å². The number of carbonyl (C=O) groups is 4. The van der Waals surface area contributed by atoms with E-state index in [9.17, 15) is 34.4 Å². The average Bonchev–Trinajstić information content (AvgIpc) is 2.70. The number of imide groups is 1. The second-order valence-corrected chi connectivity index (χ2v) is 6.56. The van der Waals surface area contributed by atoms with Gasteiger partial charge in [-0.25, -0.2) is 14.4 Å². The minimum atomic E-state index is -1.22. The van der Waals surface area contributed by atoms with E-state index in [-0.39, 0.29) is 31.2 Å². The fourth-order valence-corrected chi connectivity index (χ4v) is 2.60. The molecule has 2 rings (SSSR count). The third kappa shape index (κ3) is 6.72. The van der Waals surface area contributed by atoms with E-state index < -0.39 is 29.1 Å². The second-order valence-electron chi connectivity index (χ2n) is 6.56. The van der Waals surface area contributed by atoms with Gasteiger partial charge in [-0.3, -0.25) is 19.8 Å². The first-order chi connectivity index (χ1) is 14.3. The smallest absolute Gasteiger partial charge is 0.408 e. The van der Waals surface area contributed by atoms with Gasteiger partial charge in [0.2, 0.25) is 5.91 Å². The number of carboxylic acid groups (broad SMARTS) is 1. The Morgan fingerprint density at radius 2 is 1.93 bits per heavy atom. The molecular formula is C18H22N4O8. The Labute approximate surface area is 171 Å². The van der Waals surface area contributed by atoms with Crippen LogP contribution in [0.3, 0.4) is 0 Å². The van der Waals surface area contributed by atoms with Gasteiger partial charge in [0.1, 0.15) is 12.6 Å². The number of rotatable bonds is 10. The van der Waals surface area contributed by atoms with E-state index in [1.165, 1.54) is 24.3 Å². The van der Waals surface area contributed by atoms with Gasteiger partial charge in [0.15, 0.2) is 0 Å². The van der Waals surface area contributed by atoms with E-state index in [0.717, 1.165) is 4.90 Å². The van der Waals surface area contributed by atoms with Gasteiger partial charge < -0.3 is 20.5 Å². The molecule has 1 fully saturated rings. The maximum Gasteiger partial charge on any atom is 0.408 e. The number of amides is 4. The predicted octanol–water partition coefficient (Wildman–Crippen LogP) is 1.39. The summed E-state index contributed by atoms with van der Waals surface area (Å²) in [4.78, 5) is 57.0.